The monoisotopic (exact) mass is 402 g/mol. The van der Waals surface area contributed by atoms with Gasteiger partial charge in [0.25, 0.3) is 0 Å². The molecular formula is C22H27ClN2O3. The molecule has 0 aliphatic carbocycles. The third-order valence-corrected chi connectivity index (χ3v) is 4.53. The fourth-order valence-corrected chi connectivity index (χ4v) is 2.73. The van der Waals surface area contributed by atoms with Crippen LogP contribution in [0.15, 0.2) is 48.5 Å². The average Bonchev–Trinajstić information content (AvgIpc) is 2.61. The molecule has 2 aromatic rings. The van der Waals surface area contributed by atoms with Gasteiger partial charge < -0.3 is 9.64 Å². The third kappa shape index (κ3) is 6.57. The van der Waals surface area contributed by atoms with Crippen molar-refractivity contribution >= 4 is 29.3 Å². The van der Waals surface area contributed by atoms with Crippen molar-refractivity contribution in [1.29, 1.82) is 0 Å². The van der Waals surface area contributed by atoms with Crippen LogP contribution in [-0.2, 0) is 16.0 Å². The summed E-state index contributed by atoms with van der Waals surface area (Å²) in [7, 11) is 1.79. The SMILES string of the molecule is CC(c1ccc(Cl)cc1)N(C)C(=O)Cc1ccc(NC(=O)OC(C)(C)C)cc1. The number of hydrogen-bond acceptors (Lipinski definition) is 3. The van der Waals surface area contributed by atoms with Crippen molar-refractivity contribution in [3.63, 3.8) is 0 Å². The first-order valence-electron chi connectivity index (χ1n) is 9.15. The van der Waals surface area contributed by atoms with Crippen LogP contribution in [0.1, 0.15) is 44.9 Å². The predicted octanol–water partition coefficient (Wildman–Crippen LogP) is 5.45. The summed E-state index contributed by atoms with van der Waals surface area (Å²) in [4.78, 5) is 26.2. The van der Waals surface area contributed by atoms with E-state index in [1.165, 1.54) is 0 Å². The Hall–Kier alpha value is -2.53. The van der Waals surface area contributed by atoms with E-state index in [0.717, 1.165) is 11.1 Å². The number of amides is 2. The Morgan fingerprint density at radius 3 is 2.18 bits per heavy atom. The van der Waals surface area contributed by atoms with Gasteiger partial charge in [-0.15, -0.1) is 0 Å². The molecule has 1 atom stereocenters. The summed E-state index contributed by atoms with van der Waals surface area (Å²) < 4.78 is 5.22. The Labute approximate surface area is 171 Å². The van der Waals surface area contributed by atoms with Crippen molar-refractivity contribution in [3.8, 4) is 0 Å². The summed E-state index contributed by atoms with van der Waals surface area (Å²) in [5.41, 5.74) is 1.96. The molecule has 6 heteroatoms. The molecule has 0 bridgehead atoms. The van der Waals surface area contributed by atoms with Gasteiger partial charge >= 0.3 is 6.09 Å². The molecule has 0 fully saturated rings. The van der Waals surface area contributed by atoms with Crippen molar-refractivity contribution in [1.82, 2.24) is 4.90 Å². The zero-order valence-corrected chi connectivity index (χ0v) is 17.7. The van der Waals surface area contributed by atoms with E-state index in [1.807, 2.05) is 64.1 Å². The van der Waals surface area contributed by atoms with Crippen LogP contribution in [0, 0.1) is 0 Å². The summed E-state index contributed by atoms with van der Waals surface area (Å²) in [5, 5.41) is 3.35. The summed E-state index contributed by atoms with van der Waals surface area (Å²) in [6.45, 7) is 7.41. The van der Waals surface area contributed by atoms with Crippen LogP contribution >= 0.6 is 11.6 Å². The van der Waals surface area contributed by atoms with E-state index >= 15 is 0 Å². The number of benzene rings is 2. The number of nitrogens with one attached hydrogen (secondary N) is 1. The van der Waals surface area contributed by atoms with E-state index in [9.17, 15) is 9.59 Å². The number of ether oxygens (including phenoxy) is 1. The first kappa shape index (κ1) is 21.8. The second-order valence-corrected chi connectivity index (χ2v) is 8.17. The smallest absolute Gasteiger partial charge is 0.412 e. The van der Waals surface area contributed by atoms with Crippen molar-refractivity contribution in [2.75, 3.05) is 12.4 Å². The van der Waals surface area contributed by atoms with Gasteiger partial charge in [-0.1, -0.05) is 35.9 Å². The van der Waals surface area contributed by atoms with Gasteiger partial charge in [0.2, 0.25) is 5.91 Å². The maximum Gasteiger partial charge on any atom is 0.412 e. The van der Waals surface area contributed by atoms with Crippen LogP contribution in [0.25, 0.3) is 0 Å². The fourth-order valence-electron chi connectivity index (χ4n) is 2.61. The molecule has 0 saturated heterocycles. The second kappa shape index (κ2) is 9.11. The number of carbonyl (C=O) groups is 2. The highest BCUT2D eigenvalue weighted by molar-refractivity contribution is 6.30. The lowest BCUT2D eigenvalue weighted by Gasteiger charge is -2.25. The summed E-state index contributed by atoms with van der Waals surface area (Å²) in [6, 6.07) is 14.6. The summed E-state index contributed by atoms with van der Waals surface area (Å²) in [5.74, 6) is 0.00954. The van der Waals surface area contributed by atoms with Gasteiger partial charge in [0.1, 0.15) is 5.60 Å². The molecular weight excluding hydrogens is 376 g/mol. The van der Waals surface area contributed by atoms with Gasteiger partial charge in [0.15, 0.2) is 0 Å². The molecule has 0 radical (unpaired) electrons. The van der Waals surface area contributed by atoms with E-state index in [4.69, 9.17) is 16.3 Å². The standard InChI is InChI=1S/C22H27ClN2O3/c1-15(17-8-10-18(23)11-9-17)25(5)20(26)14-16-6-12-19(13-7-16)24-21(27)28-22(2,3)4/h6-13,15H,14H2,1-5H3,(H,24,27). The van der Waals surface area contributed by atoms with Gasteiger partial charge in [-0.3, -0.25) is 10.1 Å². The minimum Gasteiger partial charge on any atom is -0.444 e. The lowest BCUT2D eigenvalue weighted by atomic mass is 10.1. The Bertz CT molecular complexity index is 811. The second-order valence-electron chi connectivity index (χ2n) is 7.73. The van der Waals surface area contributed by atoms with Gasteiger partial charge in [-0.25, -0.2) is 4.79 Å². The topological polar surface area (TPSA) is 58.6 Å². The molecule has 0 spiro atoms. The largest absolute Gasteiger partial charge is 0.444 e. The van der Waals surface area contributed by atoms with Crippen molar-refractivity contribution in [2.45, 2.75) is 45.8 Å². The highest BCUT2D eigenvalue weighted by Crippen LogP contribution is 2.22. The van der Waals surface area contributed by atoms with Crippen LogP contribution in [0.4, 0.5) is 10.5 Å². The Morgan fingerprint density at radius 2 is 1.64 bits per heavy atom. The average molecular weight is 403 g/mol. The minimum atomic E-state index is -0.554. The molecule has 0 saturated carbocycles. The number of hydrogen-bond donors (Lipinski definition) is 1. The lowest BCUT2D eigenvalue weighted by molar-refractivity contribution is -0.131. The Balaban J connectivity index is 1.94. The number of carbonyl (C=O) groups excluding carboxylic acids is 2. The first-order chi connectivity index (χ1) is 13.0. The molecule has 28 heavy (non-hydrogen) atoms. The zero-order valence-electron chi connectivity index (χ0n) is 17.0. The van der Waals surface area contributed by atoms with E-state index in [-0.39, 0.29) is 18.4 Å². The van der Waals surface area contributed by atoms with E-state index < -0.39 is 11.7 Å². The molecule has 1 N–H and O–H groups in total. The number of halogens is 1. The molecule has 1 unspecified atom stereocenters. The molecule has 150 valence electrons. The molecule has 5 nitrogen and oxygen atoms in total. The van der Waals surface area contributed by atoms with Crippen LogP contribution in [0.5, 0.6) is 0 Å². The highest BCUT2D eigenvalue weighted by atomic mass is 35.5. The number of likely N-dealkylation sites (N-methyl/N-ethyl adjacent to an activating group) is 1. The predicted molar refractivity (Wildman–Crippen MR) is 113 cm³/mol. The van der Waals surface area contributed by atoms with Crippen LogP contribution < -0.4 is 5.32 Å². The van der Waals surface area contributed by atoms with Crippen LogP contribution in [0.2, 0.25) is 5.02 Å². The van der Waals surface area contributed by atoms with E-state index in [1.54, 1.807) is 24.1 Å². The molecule has 0 heterocycles. The minimum absolute atomic E-state index is 0.00954. The van der Waals surface area contributed by atoms with Crippen molar-refractivity contribution in [3.05, 3.63) is 64.7 Å². The van der Waals surface area contributed by atoms with Crippen molar-refractivity contribution in [2.24, 2.45) is 0 Å². The van der Waals surface area contributed by atoms with E-state index in [0.29, 0.717) is 10.7 Å². The maximum atomic E-state index is 12.6. The quantitative estimate of drug-likeness (QED) is 0.723. The highest BCUT2D eigenvalue weighted by Gasteiger charge is 2.18. The van der Waals surface area contributed by atoms with Gasteiger partial charge in [0.05, 0.1) is 12.5 Å². The third-order valence-electron chi connectivity index (χ3n) is 4.28. The van der Waals surface area contributed by atoms with E-state index in [2.05, 4.69) is 5.32 Å². The molecule has 2 rings (SSSR count). The normalized spacial score (nSPS) is 12.2. The van der Waals surface area contributed by atoms with Gasteiger partial charge in [-0.2, -0.15) is 0 Å². The van der Waals surface area contributed by atoms with Gasteiger partial charge in [-0.05, 0) is 63.1 Å². The number of anilines is 1. The first-order valence-corrected chi connectivity index (χ1v) is 9.53. The molecule has 2 amide bonds. The molecule has 0 aromatic heterocycles. The Morgan fingerprint density at radius 1 is 1.07 bits per heavy atom. The number of rotatable bonds is 5. The van der Waals surface area contributed by atoms with Gasteiger partial charge in [0, 0.05) is 17.8 Å². The molecule has 2 aromatic carbocycles. The van der Waals surface area contributed by atoms with Crippen LogP contribution in [0.3, 0.4) is 0 Å². The summed E-state index contributed by atoms with van der Waals surface area (Å²) >= 11 is 5.93. The molecule has 0 aliphatic heterocycles. The van der Waals surface area contributed by atoms with Crippen molar-refractivity contribution < 1.29 is 14.3 Å². The maximum absolute atomic E-state index is 12.6. The zero-order chi connectivity index (χ0) is 20.9. The van der Waals surface area contributed by atoms with Crippen LogP contribution in [-0.4, -0.2) is 29.5 Å². The Kier molecular flexibility index (Phi) is 7.08. The summed E-state index contributed by atoms with van der Waals surface area (Å²) in [6.07, 6.45) is -0.228. The molecule has 0 aliphatic rings. The number of nitrogens with zero attached hydrogens (tertiary/aromatic N) is 1. The fraction of sp³-hybridized carbons (Fsp3) is 0.364. The lowest BCUT2D eigenvalue weighted by Crippen LogP contribution is -2.31.